The number of carbonyl (C=O) groups excluding carboxylic acids is 2. The molecule has 0 rings (SSSR count). The van der Waals surface area contributed by atoms with Crippen molar-refractivity contribution in [1.82, 2.24) is 0 Å². The van der Waals surface area contributed by atoms with Crippen LogP contribution in [0.25, 0.3) is 0 Å². The molecule has 294 valence electrons. The van der Waals surface area contributed by atoms with Crippen LogP contribution in [-0.2, 0) is 28.2 Å². The predicted octanol–water partition coefficient (Wildman–Crippen LogP) is 12.4. The van der Waals surface area contributed by atoms with Gasteiger partial charge in [-0.15, -0.1) is 0 Å². The number of hydrogen-bond acceptors (Lipinski definition) is 6. The van der Waals surface area contributed by atoms with Crippen molar-refractivity contribution in [3.05, 3.63) is 24.3 Å². The van der Waals surface area contributed by atoms with Crippen molar-refractivity contribution >= 4 is 19.8 Å². The Hall–Kier alpha value is -1.47. The lowest BCUT2D eigenvalue weighted by atomic mass is 10.0. The van der Waals surface area contributed by atoms with E-state index in [1.165, 1.54) is 109 Å². The van der Waals surface area contributed by atoms with Gasteiger partial charge < -0.3 is 19.3 Å². The monoisotopic (exact) mass is 729 g/mol. The SMILES string of the molecule is CCC/C=C\C/C=C\CCCCCCCC(=O)OC(COC(=O)CCCCCCCCCCCCCCCCCCCCC)COP(=O)(O)O. The molecule has 0 aromatic heterocycles. The van der Waals surface area contributed by atoms with E-state index in [1.807, 2.05) is 0 Å². The molecule has 0 aromatic carbocycles. The lowest BCUT2D eigenvalue weighted by Crippen LogP contribution is -2.29. The van der Waals surface area contributed by atoms with Crippen LogP contribution < -0.4 is 0 Å². The maximum atomic E-state index is 12.4. The van der Waals surface area contributed by atoms with E-state index in [-0.39, 0.29) is 19.4 Å². The summed E-state index contributed by atoms with van der Waals surface area (Å²) in [7, 11) is -4.75. The maximum absolute atomic E-state index is 12.4. The van der Waals surface area contributed by atoms with Crippen molar-refractivity contribution in [2.24, 2.45) is 0 Å². The molecule has 1 unspecified atom stereocenters. The highest BCUT2D eigenvalue weighted by Gasteiger charge is 2.22. The molecule has 0 aliphatic carbocycles. The van der Waals surface area contributed by atoms with E-state index in [0.717, 1.165) is 64.2 Å². The summed E-state index contributed by atoms with van der Waals surface area (Å²) in [6.45, 7) is 3.62. The first-order chi connectivity index (χ1) is 24.3. The lowest BCUT2D eigenvalue weighted by Gasteiger charge is -2.18. The normalized spacial score (nSPS) is 12.6. The summed E-state index contributed by atoms with van der Waals surface area (Å²) < 4.78 is 26.3. The summed E-state index contributed by atoms with van der Waals surface area (Å²) >= 11 is 0. The number of ether oxygens (including phenoxy) is 2. The minimum atomic E-state index is -4.75. The molecule has 0 radical (unpaired) electrons. The van der Waals surface area contributed by atoms with Gasteiger partial charge in [-0.2, -0.15) is 0 Å². The zero-order chi connectivity index (χ0) is 36.8. The summed E-state index contributed by atoms with van der Waals surface area (Å²) in [5.41, 5.74) is 0. The van der Waals surface area contributed by atoms with Crippen LogP contribution in [-0.4, -0.2) is 41.0 Å². The summed E-state index contributed by atoms with van der Waals surface area (Å²) in [6, 6.07) is 0. The first-order valence-electron chi connectivity index (χ1n) is 20.6. The fourth-order valence-corrected chi connectivity index (χ4v) is 6.24. The van der Waals surface area contributed by atoms with Gasteiger partial charge in [0.15, 0.2) is 6.10 Å². The van der Waals surface area contributed by atoms with E-state index in [4.69, 9.17) is 19.3 Å². The molecule has 1 atom stereocenters. The van der Waals surface area contributed by atoms with Gasteiger partial charge in [0.1, 0.15) is 6.61 Å². The van der Waals surface area contributed by atoms with Crippen LogP contribution in [0, 0.1) is 0 Å². The van der Waals surface area contributed by atoms with Crippen molar-refractivity contribution in [1.29, 1.82) is 0 Å². The Morgan fingerprint density at radius 1 is 0.520 bits per heavy atom. The number of hydrogen-bond donors (Lipinski definition) is 2. The van der Waals surface area contributed by atoms with Crippen molar-refractivity contribution in [3.8, 4) is 0 Å². The van der Waals surface area contributed by atoms with Gasteiger partial charge in [-0.3, -0.25) is 14.1 Å². The molecule has 0 aliphatic rings. The molecule has 0 fully saturated rings. The first-order valence-corrected chi connectivity index (χ1v) is 22.2. The fraction of sp³-hybridized carbons (Fsp3) is 0.854. The van der Waals surface area contributed by atoms with E-state index >= 15 is 0 Å². The Morgan fingerprint density at radius 3 is 1.40 bits per heavy atom. The third-order valence-corrected chi connectivity index (χ3v) is 9.44. The zero-order valence-corrected chi connectivity index (χ0v) is 33.2. The van der Waals surface area contributed by atoms with E-state index < -0.39 is 32.5 Å². The largest absolute Gasteiger partial charge is 0.469 e. The minimum Gasteiger partial charge on any atom is -0.462 e. The minimum absolute atomic E-state index is 0.198. The zero-order valence-electron chi connectivity index (χ0n) is 32.3. The molecule has 8 nitrogen and oxygen atoms in total. The molecular formula is C41H77O8P. The number of allylic oxidation sites excluding steroid dienone is 4. The van der Waals surface area contributed by atoms with E-state index in [1.54, 1.807) is 0 Å². The maximum Gasteiger partial charge on any atom is 0.469 e. The molecule has 0 spiro atoms. The number of unbranched alkanes of at least 4 members (excludes halogenated alkanes) is 24. The molecule has 0 aromatic rings. The average molecular weight is 729 g/mol. The lowest BCUT2D eigenvalue weighted by molar-refractivity contribution is -0.161. The number of carbonyl (C=O) groups is 2. The average Bonchev–Trinajstić information content (AvgIpc) is 3.08. The molecule has 0 bridgehead atoms. The van der Waals surface area contributed by atoms with Gasteiger partial charge in [0.2, 0.25) is 0 Å². The van der Waals surface area contributed by atoms with Crippen molar-refractivity contribution < 1.29 is 37.9 Å². The predicted molar refractivity (Wildman–Crippen MR) is 207 cm³/mol. The Labute approximate surface area is 307 Å². The smallest absolute Gasteiger partial charge is 0.462 e. The molecule has 0 saturated heterocycles. The van der Waals surface area contributed by atoms with Gasteiger partial charge in [-0.25, -0.2) is 4.57 Å². The Balaban J connectivity index is 3.87. The van der Waals surface area contributed by atoms with Crippen molar-refractivity contribution in [3.63, 3.8) is 0 Å². The van der Waals surface area contributed by atoms with Gasteiger partial charge in [0.05, 0.1) is 6.61 Å². The number of esters is 2. The van der Waals surface area contributed by atoms with Crippen LogP contribution in [0.1, 0.15) is 206 Å². The number of rotatable bonds is 38. The summed E-state index contributed by atoms with van der Waals surface area (Å²) in [4.78, 5) is 42.8. The van der Waals surface area contributed by atoms with Crippen LogP contribution in [0.15, 0.2) is 24.3 Å². The molecule has 50 heavy (non-hydrogen) atoms. The quantitative estimate of drug-likeness (QED) is 0.0279. The standard InChI is InChI=1S/C41H77O8P/c1-3-5-7-9-11-13-15-17-18-19-20-21-22-24-25-27-29-31-33-35-40(42)47-37-39(38-48-50(44,45)46)49-41(43)36-34-32-30-28-26-23-16-14-12-10-8-6-4-2/h8,10,14,16,39H,3-7,9,11-13,15,17-38H2,1-2H3,(H2,44,45,46)/b10-8-,16-14-. The van der Waals surface area contributed by atoms with Crippen LogP contribution in [0.4, 0.5) is 0 Å². The van der Waals surface area contributed by atoms with E-state index in [0.29, 0.717) is 6.42 Å². The molecule has 9 heteroatoms. The van der Waals surface area contributed by atoms with Gasteiger partial charge in [-0.05, 0) is 38.5 Å². The number of phosphoric acid groups is 1. The topological polar surface area (TPSA) is 119 Å². The Kier molecular flexibility index (Phi) is 36.2. The van der Waals surface area contributed by atoms with Gasteiger partial charge >= 0.3 is 19.8 Å². The Morgan fingerprint density at radius 2 is 0.940 bits per heavy atom. The highest BCUT2D eigenvalue weighted by molar-refractivity contribution is 7.46. The second-order valence-electron chi connectivity index (χ2n) is 14.0. The van der Waals surface area contributed by atoms with Gasteiger partial charge in [0.25, 0.3) is 0 Å². The third-order valence-electron chi connectivity index (χ3n) is 8.95. The van der Waals surface area contributed by atoms with Crippen molar-refractivity contribution in [2.75, 3.05) is 13.2 Å². The summed E-state index contributed by atoms with van der Waals surface area (Å²) in [6.07, 6.45) is 41.9. The Bertz CT molecular complexity index is 869. The molecular weight excluding hydrogens is 651 g/mol. The second kappa shape index (κ2) is 37.3. The highest BCUT2D eigenvalue weighted by atomic mass is 31.2. The van der Waals surface area contributed by atoms with Crippen LogP contribution >= 0.6 is 7.82 Å². The highest BCUT2D eigenvalue weighted by Crippen LogP contribution is 2.36. The van der Waals surface area contributed by atoms with Crippen LogP contribution in [0.5, 0.6) is 0 Å². The molecule has 0 aliphatic heterocycles. The third kappa shape index (κ3) is 39.3. The molecule has 0 saturated carbocycles. The molecule has 0 amide bonds. The molecule has 2 N–H and O–H groups in total. The van der Waals surface area contributed by atoms with Gasteiger partial charge in [0, 0.05) is 12.8 Å². The molecule has 0 heterocycles. The van der Waals surface area contributed by atoms with Gasteiger partial charge in [-0.1, -0.05) is 179 Å². The summed E-state index contributed by atoms with van der Waals surface area (Å²) in [5, 5.41) is 0. The van der Waals surface area contributed by atoms with Crippen LogP contribution in [0.2, 0.25) is 0 Å². The summed E-state index contributed by atoms with van der Waals surface area (Å²) in [5.74, 6) is -0.893. The fourth-order valence-electron chi connectivity index (χ4n) is 5.88. The first kappa shape index (κ1) is 48.5. The van der Waals surface area contributed by atoms with Crippen LogP contribution in [0.3, 0.4) is 0 Å². The van der Waals surface area contributed by atoms with Crippen molar-refractivity contribution in [2.45, 2.75) is 213 Å². The number of phosphoric ester groups is 1. The second-order valence-corrected chi connectivity index (χ2v) is 15.2. The van der Waals surface area contributed by atoms with E-state index in [9.17, 15) is 14.2 Å². The van der Waals surface area contributed by atoms with E-state index in [2.05, 4.69) is 42.7 Å².